The quantitative estimate of drug-likeness (QED) is 0.770. The Bertz CT molecular complexity index is 837. The van der Waals surface area contributed by atoms with Crippen molar-refractivity contribution < 1.29 is 14.3 Å². The van der Waals surface area contributed by atoms with Gasteiger partial charge in [-0.3, -0.25) is 9.59 Å². The SMILES string of the molecule is COc1ccc(NC(=O)C2CSCN2C(=O)/C=C/c2ccc(Cl)cc2)cc1. The second-order valence-electron chi connectivity index (χ2n) is 5.93. The maximum Gasteiger partial charge on any atom is 0.248 e. The fourth-order valence-electron chi connectivity index (χ4n) is 2.61. The number of benzene rings is 2. The number of hydrogen-bond donors (Lipinski definition) is 1. The number of nitrogens with zero attached hydrogens (tertiary/aromatic N) is 1. The van der Waals surface area contributed by atoms with Crippen LogP contribution in [0.25, 0.3) is 6.08 Å². The lowest BCUT2D eigenvalue weighted by atomic mass is 10.2. The van der Waals surface area contributed by atoms with Gasteiger partial charge < -0.3 is 15.0 Å². The minimum Gasteiger partial charge on any atom is -0.497 e. The van der Waals surface area contributed by atoms with Crippen molar-refractivity contribution in [2.45, 2.75) is 6.04 Å². The Morgan fingerprint density at radius 1 is 1.19 bits per heavy atom. The van der Waals surface area contributed by atoms with Crippen molar-refractivity contribution in [2.24, 2.45) is 0 Å². The summed E-state index contributed by atoms with van der Waals surface area (Å²) in [6.45, 7) is 0. The van der Waals surface area contributed by atoms with E-state index in [1.54, 1.807) is 66.2 Å². The van der Waals surface area contributed by atoms with Gasteiger partial charge in [0.25, 0.3) is 0 Å². The Labute approximate surface area is 167 Å². The van der Waals surface area contributed by atoms with Crippen molar-refractivity contribution in [2.75, 3.05) is 24.1 Å². The lowest BCUT2D eigenvalue weighted by Gasteiger charge is -2.21. The molecule has 0 aromatic heterocycles. The molecule has 1 aliphatic rings. The third-order valence-corrected chi connectivity index (χ3v) is 5.38. The molecule has 5 nitrogen and oxygen atoms in total. The standard InChI is InChI=1S/C20H19ClN2O3S/c1-26-17-9-7-16(8-10-17)22-20(25)18-12-27-13-23(18)19(24)11-4-14-2-5-15(21)6-3-14/h2-11,18H,12-13H2,1H3,(H,22,25)/b11-4+. The zero-order chi connectivity index (χ0) is 19.2. The van der Waals surface area contributed by atoms with Crippen LogP contribution < -0.4 is 10.1 Å². The molecule has 2 aromatic carbocycles. The van der Waals surface area contributed by atoms with Gasteiger partial charge >= 0.3 is 0 Å². The Morgan fingerprint density at radius 2 is 1.89 bits per heavy atom. The number of amides is 2. The molecule has 2 amide bonds. The second-order valence-corrected chi connectivity index (χ2v) is 7.36. The van der Waals surface area contributed by atoms with Crippen LogP contribution in [0.4, 0.5) is 5.69 Å². The average Bonchev–Trinajstić information content (AvgIpc) is 3.18. The van der Waals surface area contributed by atoms with E-state index in [0.29, 0.717) is 28.1 Å². The molecule has 1 unspecified atom stereocenters. The second kappa shape index (κ2) is 8.97. The highest BCUT2D eigenvalue weighted by Crippen LogP contribution is 2.23. The van der Waals surface area contributed by atoms with Gasteiger partial charge in [0, 0.05) is 22.5 Å². The number of carbonyl (C=O) groups is 2. The van der Waals surface area contributed by atoms with Gasteiger partial charge in [0.1, 0.15) is 11.8 Å². The number of rotatable bonds is 5. The monoisotopic (exact) mass is 402 g/mol. The van der Waals surface area contributed by atoms with Crippen molar-refractivity contribution in [3.8, 4) is 5.75 Å². The highest BCUT2D eigenvalue weighted by atomic mass is 35.5. The summed E-state index contributed by atoms with van der Waals surface area (Å²) < 4.78 is 5.11. The van der Waals surface area contributed by atoms with E-state index in [1.165, 1.54) is 6.08 Å². The molecule has 1 atom stereocenters. The maximum atomic E-state index is 12.6. The van der Waals surface area contributed by atoms with Crippen LogP contribution in [0.15, 0.2) is 54.6 Å². The number of carbonyl (C=O) groups excluding carboxylic acids is 2. The van der Waals surface area contributed by atoms with E-state index in [0.717, 1.165) is 5.56 Å². The smallest absolute Gasteiger partial charge is 0.248 e. The van der Waals surface area contributed by atoms with Gasteiger partial charge in [-0.05, 0) is 48.0 Å². The molecule has 1 aliphatic heterocycles. The maximum absolute atomic E-state index is 12.6. The normalized spacial score (nSPS) is 16.5. The molecule has 1 fully saturated rings. The number of nitrogens with one attached hydrogen (secondary N) is 1. The van der Waals surface area contributed by atoms with E-state index in [2.05, 4.69) is 5.32 Å². The van der Waals surface area contributed by atoms with E-state index in [4.69, 9.17) is 16.3 Å². The van der Waals surface area contributed by atoms with Gasteiger partial charge in [-0.25, -0.2) is 0 Å². The van der Waals surface area contributed by atoms with Crippen LogP contribution in [0.1, 0.15) is 5.56 Å². The van der Waals surface area contributed by atoms with E-state index < -0.39 is 6.04 Å². The van der Waals surface area contributed by atoms with E-state index in [1.807, 2.05) is 12.1 Å². The molecule has 2 aromatic rings. The van der Waals surface area contributed by atoms with Gasteiger partial charge in [0.15, 0.2) is 0 Å². The topological polar surface area (TPSA) is 58.6 Å². The predicted molar refractivity (Wildman–Crippen MR) is 110 cm³/mol. The summed E-state index contributed by atoms with van der Waals surface area (Å²) in [6, 6.07) is 13.8. The van der Waals surface area contributed by atoms with Crippen LogP contribution in [0.2, 0.25) is 5.02 Å². The first-order valence-corrected chi connectivity index (χ1v) is 9.87. The summed E-state index contributed by atoms with van der Waals surface area (Å²) in [7, 11) is 1.59. The number of ether oxygens (including phenoxy) is 1. The van der Waals surface area contributed by atoms with Crippen molar-refractivity contribution in [3.05, 3.63) is 65.2 Å². The highest BCUT2D eigenvalue weighted by Gasteiger charge is 2.33. The summed E-state index contributed by atoms with van der Waals surface area (Å²) in [5.41, 5.74) is 1.54. The first kappa shape index (κ1) is 19.3. The summed E-state index contributed by atoms with van der Waals surface area (Å²) in [4.78, 5) is 26.7. The lowest BCUT2D eigenvalue weighted by Crippen LogP contribution is -2.43. The Balaban J connectivity index is 1.63. The minimum atomic E-state index is -0.500. The van der Waals surface area contributed by atoms with Crippen LogP contribution in [-0.2, 0) is 9.59 Å². The lowest BCUT2D eigenvalue weighted by molar-refractivity contribution is -0.132. The molecule has 7 heteroatoms. The van der Waals surface area contributed by atoms with Crippen LogP contribution in [0.5, 0.6) is 5.75 Å². The Kier molecular flexibility index (Phi) is 6.42. The van der Waals surface area contributed by atoms with Crippen LogP contribution >= 0.6 is 23.4 Å². The van der Waals surface area contributed by atoms with E-state index in [9.17, 15) is 9.59 Å². The number of thioether (sulfide) groups is 1. The third-order valence-electron chi connectivity index (χ3n) is 4.11. The molecule has 0 bridgehead atoms. The number of anilines is 1. The summed E-state index contributed by atoms with van der Waals surface area (Å²) in [5.74, 6) is 1.39. The molecule has 3 rings (SSSR count). The number of hydrogen-bond acceptors (Lipinski definition) is 4. The van der Waals surface area contributed by atoms with Gasteiger partial charge in [-0.1, -0.05) is 23.7 Å². The van der Waals surface area contributed by atoms with Gasteiger partial charge in [0.2, 0.25) is 11.8 Å². The molecule has 0 spiro atoms. The molecule has 0 radical (unpaired) electrons. The summed E-state index contributed by atoms with van der Waals surface area (Å²) in [5, 5.41) is 3.50. The van der Waals surface area contributed by atoms with Crippen LogP contribution in [0, 0.1) is 0 Å². The Hall–Kier alpha value is -2.44. The summed E-state index contributed by atoms with van der Waals surface area (Å²) >= 11 is 7.42. The summed E-state index contributed by atoms with van der Waals surface area (Å²) in [6.07, 6.45) is 3.21. The Morgan fingerprint density at radius 3 is 2.56 bits per heavy atom. The molecule has 0 saturated carbocycles. The number of halogens is 1. The molecule has 1 heterocycles. The van der Waals surface area contributed by atoms with E-state index >= 15 is 0 Å². The number of methoxy groups -OCH3 is 1. The molecule has 0 aliphatic carbocycles. The molecule has 140 valence electrons. The predicted octanol–water partition coefficient (Wildman–Crippen LogP) is 3.90. The van der Waals surface area contributed by atoms with Crippen molar-refractivity contribution >= 4 is 46.9 Å². The van der Waals surface area contributed by atoms with Crippen molar-refractivity contribution in [3.63, 3.8) is 0 Å². The molecule has 1 N–H and O–H groups in total. The third kappa shape index (κ3) is 5.05. The molecule has 27 heavy (non-hydrogen) atoms. The molecule has 1 saturated heterocycles. The van der Waals surface area contributed by atoms with Gasteiger partial charge in [-0.2, -0.15) is 0 Å². The highest BCUT2D eigenvalue weighted by molar-refractivity contribution is 7.99. The average molecular weight is 403 g/mol. The minimum absolute atomic E-state index is 0.190. The van der Waals surface area contributed by atoms with Crippen LogP contribution in [0.3, 0.4) is 0 Å². The van der Waals surface area contributed by atoms with Gasteiger partial charge in [-0.15, -0.1) is 11.8 Å². The van der Waals surface area contributed by atoms with Crippen molar-refractivity contribution in [1.82, 2.24) is 4.90 Å². The van der Waals surface area contributed by atoms with Gasteiger partial charge in [0.05, 0.1) is 13.0 Å². The van der Waals surface area contributed by atoms with E-state index in [-0.39, 0.29) is 11.8 Å². The fraction of sp³-hybridized carbons (Fsp3) is 0.200. The zero-order valence-electron chi connectivity index (χ0n) is 14.7. The largest absolute Gasteiger partial charge is 0.497 e. The van der Waals surface area contributed by atoms with Crippen molar-refractivity contribution in [1.29, 1.82) is 0 Å². The van der Waals surface area contributed by atoms with Crippen LogP contribution in [-0.4, -0.2) is 41.5 Å². The molecular formula is C20H19ClN2O3S. The fourth-order valence-corrected chi connectivity index (χ4v) is 3.90. The molecular weight excluding hydrogens is 384 g/mol. The first-order valence-electron chi connectivity index (χ1n) is 8.34. The first-order chi connectivity index (χ1) is 13.1. The zero-order valence-corrected chi connectivity index (χ0v) is 16.3.